The van der Waals surface area contributed by atoms with Crippen molar-refractivity contribution in [1.82, 2.24) is 9.97 Å². The third kappa shape index (κ3) is 2.23. The minimum atomic E-state index is -1.13. The quantitative estimate of drug-likeness (QED) is 0.770. The van der Waals surface area contributed by atoms with Crippen LogP contribution in [-0.4, -0.2) is 47.3 Å². The lowest BCUT2D eigenvalue weighted by atomic mass is 10.3. The number of halogens is 1. The summed E-state index contributed by atoms with van der Waals surface area (Å²) in [5.41, 5.74) is -0.0846. The number of anilines is 1. The first-order chi connectivity index (χ1) is 7.68. The normalized spacial score (nSPS) is 16.2. The van der Waals surface area contributed by atoms with Crippen LogP contribution < -0.4 is 4.90 Å². The maximum atomic E-state index is 10.7. The topological polar surface area (TPSA) is 75.5 Å². The van der Waals surface area contributed by atoms with E-state index in [1.165, 1.54) is 6.20 Å². The number of hydrogen-bond donors (Lipinski definition) is 1. The Hall–Kier alpha value is -1.40. The number of aromatic carboxylic acids is 1. The van der Waals surface area contributed by atoms with Gasteiger partial charge >= 0.3 is 5.97 Å². The SMILES string of the molecule is O=C(O)c1cnc(N2CCOCC2)nc1Cl. The summed E-state index contributed by atoms with van der Waals surface area (Å²) in [5.74, 6) is -0.683. The molecule has 1 aliphatic rings. The van der Waals surface area contributed by atoms with Crippen molar-refractivity contribution in [2.45, 2.75) is 0 Å². The van der Waals surface area contributed by atoms with E-state index >= 15 is 0 Å². The van der Waals surface area contributed by atoms with Gasteiger partial charge in [-0.3, -0.25) is 0 Å². The number of nitrogens with zero attached hydrogens (tertiary/aromatic N) is 3. The smallest absolute Gasteiger partial charge is 0.340 e. The molecule has 86 valence electrons. The lowest BCUT2D eigenvalue weighted by Crippen LogP contribution is -2.37. The van der Waals surface area contributed by atoms with Gasteiger partial charge in [0.25, 0.3) is 0 Å². The van der Waals surface area contributed by atoms with Gasteiger partial charge in [-0.1, -0.05) is 11.6 Å². The lowest BCUT2D eigenvalue weighted by Gasteiger charge is -2.26. The van der Waals surface area contributed by atoms with E-state index in [4.69, 9.17) is 21.4 Å². The maximum absolute atomic E-state index is 10.7. The fourth-order valence-corrected chi connectivity index (χ4v) is 1.62. The number of rotatable bonds is 2. The van der Waals surface area contributed by atoms with Crippen LogP contribution in [0.25, 0.3) is 0 Å². The van der Waals surface area contributed by atoms with Crippen molar-refractivity contribution in [3.8, 4) is 0 Å². The van der Waals surface area contributed by atoms with E-state index in [-0.39, 0.29) is 10.7 Å². The fraction of sp³-hybridized carbons (Fsp3) is 0.444. The van der Waals surface area contributed by atoms with Gasteiger partial charge in [0.1, 0.15) is 10.7 Å². The van der Waals surface area contributed by atoms with Gasteiger partial charge < -0.3 is 14.7 Å². The molecule has 0 amide bonds. The molecule has 0 spiro atoms. The number of carboxylic acids is 1. The van der Waals surface area contributed by atoms with E-state index in [1.54, 1.807) is 0 Å². The number of carbonyl (C=O) groups is 1. The highest BCUT2D eigenvalue weighted by Crippen LogP contribution is 2.17. The zero-order chi connectivity index (χ0) is 11.5. The van der Waals surface area contributed by atoms with Crippen LogP contribution in [0.3, 0.4) is 0 Å². The van der Waals surface area contributed by atoms with Crippen LogP contribution in [0.1, 0.15) is 10.4 Å². The molecule has 0 bridgehead atoms. The summed E-state index contributed by atoms with van der Waals surface area (Å²) in [6.07, 6.45) is 1.22. The van der Waals surface area contributed by atoms with Gasteiger partial charge in [-0.15, -0.1) is 0 Å². The Kier molecular flexibility index (Phi) is 3.21. The van der Waals surface area contributed by atoms with Gasteiger partial charge in [-0.2, -0.15) is 0 Å². The van der Waals surface area contributed by atoms with Crippen LogP contribution in [0.15, 0.2) is 6.20 Å². The molecule has 0 radical (unpaired) electrons. The Labute approximate surface area is 96.8 Å². The van der Waals surface area contributed by atoms with Crippen molar-refractivity contribution in [3.63, 3.8) is 0 Å². The van der Waals surface area contributed by atoms with Gasteiger partial charge in [-0.05, 0) is 0 Å². The predicted molar refractivity (Wildman–Crippen MR) is 57.0 cm³/mol. The van der Waals surface area contributed by atoms with Crippen LogP contribution in [-0.2, 0) is 4.74 Å². The monoisotopic (exact) mass is 243 g/mol. The van der Waals surface area contributed by atoms with Crippen molar-refractivity contribution in [1.29, 1.82) is 0 Å². The summed E-state index contributed by atoms with van der Waals surface area (Å²) >= 11 is 5.75. The molecular formula is C9H10ClN3O3. The van der Waals surface area contributed by atoms with Crippen LogP contribution in [0.2, 0.25) is 5.15 Å². The molecule has 0 aliphatic carbocycles. The summed E-state index contributed by atoms with van der Waals surface area (Å²) in [6, 6.07) is 0. The van der Waals surface area contributed by atoms with Gasteiger partial charge in [-0.25, -0.2) is 14.8 Å². The van der Waals surface area contributed by atoms with Crippen molar-refractivity contribution in [2.24, 2.45) is 0 Å². The molecule has 2 rings (SSSR count). The summed E-state index contributed by atoms with van der Waals surface area (Å²) in [6.45, 7) is 2.59. The molecule has 0 atom stereocenters. The van der Waals surface area contributed by atoms with E-state index in [9.17, 15) is 4.79 Å². The second-order valence-corrected chi connectivity index (χ2v) is 3.64. The Bertz CT molecular complexity index is 407. The molecule has 1 saturated heterocycles. The molecule has 1 aliphatic heterocycles. The number of morpholine rings is 1. The van der Waals surface area contributed by atoms with Crippen LogP contribution in [0.5, 0.6) is 0 Å². The van der Waals surface area contributed by atoms with Gasteiger partial charge in [0.2, 0.25) is 5.95 Å². The fourth-order valence-electron chi connectivity index (χ4n) is 1.41. The second kappa shape index (κ2) is 4.63. The first kappa shape index (κ1) is 11.1. The van der Waals surface area contributed by atoms with E-state index < -0.39 is 5.97 Å². The standard InChI is InChI=1S/C9H10ClN3O3/c10-7-6(8(14)15)5-11-9(12-7)13-1-3-16-4-2-13/h5H,1-4H2,(H,14,15). The number of aromatic nitrogens is 2. The summed E-state index contributed by atoms with van der Waals surface area (Å²) in [4.78, 5) is 20.6. The van der Waals surface area contributed by atoms with Gasteiger partial charge in [0.15, 0.2) is 0 Å². The summed E-state index contributed by atoms with van der Waals surface area (Å²) < 4.78 is 5.19. The molecule has 1 aromatic rings. The number of ether oxygens (including phenoxy) is 1. The van der Waals surface area contributed by atoms with Gasteiger partial charge in [0.05, 0.1) is 13.2 Å². The molecule has 0 aromatic carbocycles. The molecule has 0 saturated carbocycles. The molecule has 6 nitrogen and oxygen atoms in total. The van der Waals surface area contributed by atoms with Crippen LogP contribution in [0, 0.1) is 0 Å². The van der Waals surface area contributed by atoms with E-state index in [0.29, 0.717) is 32.3 Å². The van der Waals surface area contributed by atoms with Crippen molar-refractivity contribution >= 4 is 23.5 Å². The van der Waals surface area contributed by atoms with Gasteiger partial charge in [0, 0.05) is 19.3 Å². The largest absolute Gasteiger partial charge is 0.478 e. The Morgan fingerprint density at radius 1 is 1.50 bits per heavy atom. The molecule has 1 aromatic heterocycles. The third-order valence-corrected chi connectivity index (χ3v) is 2.54. The molecule has 7 heteroatoms. The predicted octanol–water partition coefficient (Wildman–Crippen LogP) is 0.665. The highest BCUT2D eigenvalue weighted by molar-refractivity contribution is 6.32. The highest BCUT2D eigenvalue weighted by Gasteiger charge is 2.17. The lowest BCUT2D eigenvalue weighted by molar-refractivity contribution is 0.0696. The maximum Gasteiger partial charge on any atom is 0.340 e. The molecular weight excluding hydrogens is 234 g/mol. The molecule has 2 heterocycles. The zero-order valence-corrected chi connectivity index (χ0v) is 9.15. The Balaban J connectivity index is 2.23. The van der Waals surface area contributed by atoms with Crippen molar-refractivity contribution < 1.29 is 14.6 Å². The second-order valence-electron chi connectivity index (χ2n) is 3.28. The van der Waals surface area contributed by atoms with Crippen LogP contribution >= 0.6 is 11.6 Å². The Morgan fingerprint density at radius 3 is 2.75 bits per heavy atom. The van der Waals surface area contributed by atoms with E-state index in [2.05, 4.69) is 9.97 Å². The third-order valence-electron chi connectivity index (χ3n) is 2.25. The van der Waals surface area contributed by atoms with Crippen LogP contribution in [0.4, 0.5) is 5.95 Å². The molecule has 1 fully saturated rings. The minimum Gasteiger partial charge on any atom is -0.478 e. The minimum absolute atomic E-state index is 0.0380. The summed E-state index contributed by atoms with van der Waals surface area (Å²) in [7, 11) is 0. The molecule has 0 unspecified atom stereocenters. The zero-order valence-electron chi connectivity index (χ0n) is 8.39. The average Bonchev–Trinajstić information content (AvgIpc) is 2.29. The van der Waals surface area contributed by atoms with E-state index in [1.807, 2.05) is 4.90 Å². The average molecular weight is 244 g/mol. The van der Waals surface area contributed by atoms with E-state index in [0.717, 1.165) is 0 Å². The molecule has 16 heavy (non-hydrogen) atoms. The first-order valence-electron chi connectivity index (χ1n) is 4.77. The van der Waals surface area contributed by atoms with Crippen molar-refractivity contribution in [2.75, 3.05) is 31.2 Å². The number of hydrogen-bond acceptors (Lipinski definition) is 5. The Morgan fingerprint density at radius 2 is 2.19 bits per heavy atom. The van der Waals surface area contributed by atoms with Crippen molar-refractivity contribution in [3.05, 3.63) is 16.9 Å². The first-order valence-corrected chi connectivity index (χ1v) is 5.15. The highest BCUT2D eigenvalue weighted by atomic mass is 35.5. The number of carboxylic acid groups (broad SMARTS) is 1. The molecule has 1 N–H and O–H groups in total. The summed E-state index contributed by atoms with van der Waals surface area (Å²) in [5, 5.41) is 8.73.